The molecule has 0 saturated heterocycles. The Morgan fingerprint density at radius 1 is 1.21 bits per heavy atom. The summed E-state index contributed by atoms with van der Waals surface area (Å²) in [6.45, 7) is 4.59. The van der Waals surface area contributed by atoms with E-state index in [0.29, 0.717) is 18.3 Å². The lowest BCUT2D eigenvalue weighted by molar-refractivity contribution is -0.119. The van der Waals surface area contributed by atoms with Crippen LogP contribution in [-0.2, 0) is 4.79 Å². The number of benzene rings is 1. The fourth-order valence-corrected chi connectivity index (χ4v) is 2.88. The van der Waals surface area contributed by atoms with Crippen LogP contribution in [0.1, 0.15) is 26.7 Å². The number of pyridine rings is 1. The number of hydrogen-bond donors (Lipinski definition) is 1. The van der Waals surface area contributed by atoms with Gasteiger partial charge in [0.15, 0.2) is 11.5 Å². The number of hydrogen-bond acceptors (Lipinski definition) is 5. The van der Waals surface area contributed by atoms with Crippen molar-refractivity contribution in [3.63, 3.8) is 0 Å². The summed E-state index contributed by atoms with van der Waals surface area (Å²) in [5.74, 6) is 2.87. The van der Waals surface area contributed by atoms with E-state index in [1.54, 1.807) is 4.52 Å². The summed E-state index contributed by atoms with van der Waals surface area (Å²) in [5.41, 5.74) is 1.67. The van der Waals surface area contributed by atoms with E-state index in [1.165, 1.54) is 19.8 Å². The monoisotopic (exact) mass is 380 g/mol. The Morgan fingerprint density at radius 2 is 2.00 bits per heavy atom. The number of carbonyl (C=O) groups is 1. The molecule has 2 heterocycles. The molecule has 0 unspecified atom stereocenters. The van der Waals surface area contributed by atoms with E-state index in [1.807, 2.05) is 49.5 Å². The number of fused-ring (bicyclic) bond motifs is 1. The van der Waals surface area contributed by atoms with Gasteiger partial charge in [0.2, 0.25) is 5.91 Å². The topological polar surface area (TPSA) is 77.8 Å². The third kappa shape index (κ3) is 4.60. The first-order valence-electron chi connectivity index (χ1n) is 9.56. The molecule has 146 valence electrons. The van der Waals surface area contributed by atoms with E-state index in [4.69, 9.17) is 9.47 Å². The van der Waals surface area contributed by atoms with Crippen LogP contribution in [0, 0.1) is 5.92 Å². The lowest BCUT2D eigenvalue weighted by atomic mass is 10.2. The molecule has 1 saturated carbocycles. The van der Waals surface area contributed by atoms with Gasteiger partial charge in [-0.25, -0.2) is 9.50 Å². The van der Waals surface area contributed by atoms with Gasteiger partial charge in [-0.1, -0.05) is 0 Å². The molecule has 0 spiro atoms. The summed E-state index contributed by atoms with van der Waals surface area (Å²) in [4.78, 5) is 15.6. The first kappa shape index (κ1) is 18.3. The lowest BCUT2D eigenvalue weighted by Crippen LogP contribution is -2.35. The van der Waals surface area contributed by atoms with E-state index >= 15 is 0 Å². The third-order valence-electron chi connectivity index (χ3n) is 4.55. The van der Waals surface area contributed by atoms with Crippen LogP contribution in [0.5, 0.6) is 11.5 Å². The summed E-state index contributed by atoms with van der Waals surface area (Å²) >= 11 is 0. The Balaban J connectivity index is 1.41. The van der Waals surface area contributed by atoms with Crippen LogP contribution < -0.4 is 14.8 Å². The fraction of sp³-hybridized carbons (Fsp3) is 0.381. The highest BCUT2D eigenvalue weighted by Crippen LogP contribution is 2.29. The van der Waals surface area contributed by atoms with Gasteiger partial charge in [0.05, 0.1) is 12.6 Å². The molecule has 1 fully saturated rings. The van der Waals surface area contributed by atoms with E-state index in [-0.39, 0.29) is 11.9 Å². The SMILES string of the molecule is CC(=O)N[C@@H](C)COc1ccc(-c2nc3cc(OCC4CC4)ccn3n2)cc1. The van der Waals surface area contributed by atoms with Crippen LogP contribution >= 0.6 is 0 Å². The number of amides is 1. The van der Waals surface area contributed by atoms with Gasteiger partial charge < -0.3 is 14.8 Å². The zero-order valence-electron chi connectivity index (χ0n) is 16.1. The van der Waals surface area contributed by atoms with Gasteiger partial charge in [-0.05, 0) is 56.0 Å². The highest BCUT2D eigenvalue weighted by molar-refractivity contribution is 5.73. The summed E-state index contributed by atoms with van der Waals surface area (Å²) in [5, 5.41) is 7.32. The maximum Gasteiger partial charge on any atom is 0.217 e. The van der Waals surface area contributed by atoms with Gasteiger partial charge in [0.25, 0.3) is 0 Å². The highest BCUT2D eigenvalue weighted by Gasteiger charge is 2.22. The predicted octanol–water partition coefficient (Wildman–Crippen LogP) is 3.09. The Bertz CT molecular complexity index is 963. The molecule has 3 aromatic rings. The van der Waals surface area contributed by atoms with Crippen molar-refractivity contribution in [2.75, 3.05) is 13.2 Å². The Kier molecular flexibility index (Phi) is 5.14. The minimum absolute atomic E-state index is 0.0476. The van der Waals surface area contributed by atoms with Crippen molar-refractivity contribution in [3.8, 4) is 22.9 Å². The van der Waals surface area contributed by atoms with E-state index in [9.17, 15) is 4.79 Å². The van der Waals surface area contributed by atoms with Crippen molar-refractivity contribution in [2.24, 2.45) is 5.92 Å². The molecule has 1 aliphatic carbocycles. The summed E-state index contributed by atoms with van der Waals surface area (Å²) in [6.07, 6.45) is 4.40. The molecular formula is C21H24N4O3. The summed E-state index contributed by atoms with van der Waals surface area (Å²) in [6, 6.07) is 11.4. The van der Waals surface area contributed by atoms with Crippen LogP contribution in [0.4, 0.5) is 0 Å². The smallest absolute Gasteiger partial charge is 0.217 e. The standard InChI is InChI=1S/C21H24N4O3/c1-14(22-15(2)26)12-27-18-7-5-17(6-8-18)21-23-20-11-19(9-10-25(20)24-21)28-13-16-3-4-16/h5-11,14,16H,3-4,12-13H2,1-2H3,(H,22,26)/t14-/m0/s1. The molecule has 2 aromatic heterocycles. The first-order valence-corrected chi connectivity index (χ1v) is 9.56. The van der Waals surface area contributed by atoms with E-state index in [0.717, 1.165) is 29.3 Å². The molecule has 7 nitrogen and oxygen atoms in total. The Hall–Kier alpha value is -3.09. The van der Waals surface area contributed by atoms with E-state index in [2.05, 4.69) is 15.4 Å². The molecule has 1 aliphatic rings. The molecule has 1 aromatic carbocycles. The predicted molar refractivity (Wildman–Crippen MR) is 105 cm³/mol. The minimum Gasteiger partial charge on any atom is -0.493 e. The normalized spacial score (nSPS) is 14.6. The Morgan fingerprint density at radius 3 is 2.71 bits per heavy atom. The van der Waals surface area contributed by atoms with Crippen molar-refractivity contribution in [2.45, 2.75) is 32.7 Å². The maximum absolute atomic E-state index is 11.0. The lowest BCUT2D eigenvalue weighted by Gasteiger charge is -2.13. The van der Waals surface area contributed by atoms with Crippen molar-refractivity contribution in [1.82, 2.24) is 19.9 Å². The number of rotatable bonds is 8. The molecule has 0 bridgehead atoms. The minimum atomic E-state index is -0.0644. The third-order valence-corrected chi connectivity index (χ3v) is 4.55. The fourth-order valence-electron chi connectivity index (χ4n) is 2.88. The van der Waals surface area contributed by atoms with Crippen LogP contribution in [0.25, 0.3) is 17.0 Å². The number of nitrogens with one attached hydrogen (secondary N) is 1. The Labute approximate surface area is 163 Å². The van der Waals surface area contributed by atoms with Crippen LogP contribution in [0.15, 0.2) is 42.6 Å². The second-order valence-corrected chi connectivity index (χ2v) is 7.29. The average Bonchev–Trinajstić information content (AvgIpc) is 3.41. The van der Waals surface area contributed by atoms with Crippen molar-refractivity contribution < 1.29 is 14.3 Å². The van der Waals surface area contributed by atoms with Gasteiger partial charge >= 0.3 is 0 Å². The molecule has 0 radical (unpaired) electrons. The van der Waals surface area contributed by atoms with Crippen LogP contribution in [0.2, 0.25) is 0 Å². The second kappa shape index (κ2) is 7.88. The van der Waals surface area contributed by atoms with Gasteiger partial charge in [-0.2, -0.15) is 0 Å². The summed E-state index contributed by atoms with van der Waals surface area (Å²) < 4.78 is 13.3. The van der Waals surface area contributed by atoms with Gasteiger partial charge in [-0.15, -0.1) is 5.10 Å². The van der Waals surface area contributed by atoms with Crippen molar-refractivity contribution in [1.29, 1.82) is 0 Å². The van der Waals surface area contributed by atoms with Crippen LogP contribution in [-0.4, -0.2) is 39.8 Å². The van der Waals surface area contributed by atoms with E-state index < -0.39 is 0 Å². The van der Waals surface area contributed by atoms with Gasteiger partial charge in [-0.3, -0.25) is 4.79 Å². The second-order valence-electron chi connectivity index (χ2n) is 7.29. The number of nitrogens with zero attached hydrogens (tertiary/aromatic N) is 3. The van der Waals surface area contributed by atoms with Crippen molar-refractivity contribution >= 4 is 11.6 Å². The molecule has 7 heteroatoms. The van der Waals surface area contributed by atoms with Crippen molar-refractivity contribution in [3.05, 3.63) is 42.6 Å². The number of aromatic nitrogens is 3. The molecule has 4 rings (SSSR count). The molecular weight excluding hydrogens is 356 g/mol. The van der Waals surface area contributed by atoms with Gasteiger partial charge in [0, 0.05) is 24.8 Å². The molecule has 28 heavy (non-hydrogen) atoms. The quantitative estimate of drug-likeness (QED) is 0.650. The first-order chi connectivity index (χ1) is 13.6. The summed E-state index contributed by atoms with van der Waals surface area (Å²) in [7, 11) is 0. The molecule has 0 aliphatic heterocycles. The molecule has 1 amide bonds. The molecule has 1 atom stereocenters. The zero-order valence-corrected chi connectivity index (χ0v) is 16.1. The largest absolute Gasteiger partial charge is 0.493 e. The number of carbonyl (C=O) groups excluding carboxylic acids is 1. The zero-order chi connectivity index (χ0) is 19.5. The number of ether oxygens (including phenoxy) is 2. The average molecular weight is 380 g/mol. The highest BCUT2D eigenvalue weighted by atomic mass is 16.5. The molecule has 1 N–H and O–H groups in total. The van der Waals surface area contributed by atoms with Gasteiger partial charge in [0.1, 0.15) is 18.1 Å². The van der Waals surface area contributed by atoms with Crippen LogP contribution in [0.3, 0.4) is 0 Å². The maximum atomic E-state index is 11.0.